The quantitative estimate of drug-likeness (QED) is 0.826. The number of pyridine rings is 1. The molecule has 0 unspecified atom stereocenters. The smallest absolute Gasteiger partial charge is 0.328 e. The van der Waals surface area contributed by atoms with E-state index in [-0.39, 0.29) is 0 Å². The van der Waals surface area contributed by atoms with E-state index in [0.29, 0.717) is 0 Å². The first-order chi connectivity index (χ1) is 9.15. The summed E-state index contributed by atoms with van der Waals surface area (Å²) in [7, 11) is 0. The average Bonchev–Trinajstić information content (AvgIpc) is 2.39. The minimum absolute atomic E-state index is 0.725. The van der Waals surface area contributed by atoms with Gasteiger partial charge in [0, 0.05) is 45.0 Å². The molecule has 0 saturated carbocycles. The first kappa shape index (κ1) is 13.5. The molecular formula is C14H19N3O2. The van der Waals surface area contributed by atoms with E-state index >= 15 is 0 Å². The maximum Gasteiger partial charge on any atom is 0.328 e. The van der Waals surface area contributed by atoms with Gasteiger partial charge in [0.05, 0.1) is 0 Å². The molecule has 1 aliphatic rings. The molecule has 2 rings (SSSR count). The Labute approximate surface area is 113 Å². The van der Waals surface area contributed by atoms with Gasteiger partial charge in [-0.1, -0.05) is 11.6 Å². The number of nitrogens with zero attached hydrogens (tertiary/aromatic N) is 3. The second-order valence-corrected chi connectivity index (χ2v) is 4.78. The lowest BCUT2D eigenvalue weighted by Crippen LogP contribution is -2.47. The van der Waals surface area contributed by atoms with E-state index in [1.54, 1.807) is 6.20 Å². The van der Waals surface area contributed by atoms with Crippen LogP contribution in [0.4, 0.5) is 5.82 Å². The zero-order valence-electron chi connectivity index (χ0n) is 11.1. The molecule has 1 N–H and O–H groups in total. The second kappa shape index (κ2) is 6.33. The van der Waals surface area contributed by atoms with Gasteiger partial charge < -0.3 is 10.0 Å². The van der Waals surface area contributed by atoms with E-state index in [9.17, 15) is 4.79 Å². The number of aliphatic carboxylic acids is 1. The first-order valence-corrected chi connectivity index (χ1v) is 6.43. The van der Waals surface area contributed by atoms with Crippen molar-refractivity contribution in [1.29, 1.82) is 0 Å². The third-order valence-corrected chi connectivity index (χ3v) is 3.19. The molecule has 19 heavy (non-hydrogen) atoms. The van der Waals surface area contributed by atoms with Gasteiger partial charge in [0.2, 0.25) is 0 Å². The van der Waals surface area contributed by atoms with E-state index in [2.05, 4.69) is 14.8 Å². The molecule has 2 heterocycles. The molecule has 0 aliphatic carbocycles. The highest BCUT2D eigenvalue weighted by atomic mass is 16.4. The van der Waals surface area contributed by atoms with Crippen molar-refractivity contribution in [2.75, 3.05) is 37.6 Å². The maximum atomic E-state index is 10.6. The zero-order chi connectivity index (χ0) is 13.7. The van der Waals surface area contributed by atoms with Gasteiger partial charge in [0.15, 0.2) is 0 Å². The van der Waals surface area contributed by atoms with Gasteiger partial charge in [-0.25, -0.2) is 9.78 Å². The molecule has 5 heteroatoms. The van der Waals surface area contributed by atoms with Crippen LogP contribution in [0.25, 0.3) is 0 Å². The molecule has 0 radical (unpaired) electrons. The molecule has 0 atom stereocenters. The molecular weight excluding hydrogens is 242 g/mol. The summed E-state index contributed by atoms with van der Waals surface area (Å²) in [5.74, 6) is 0.143. The van der Waals surface area contributed by atoms with Crippen molar-refractivity contribution in [3.05, 3.63) is 36.0 Å². The van der Waals surface area contributed by atoms with E-state index in [4.69, 9.17) is 5.11 Å². The molecule has 102 valence electrons. The van der Waals surface area contributed by atoms with Crippen LogP contribution < -0.4 is 4.90 Å². The molecule has 1 aromatic rings. The van der Waals surface area contributed by atoms with Gasteiger partial charge in [-0.3, -0.25) is 4.90 Å². The van der Waals surface area contributed by atoms with Crippen molar-refractivity contribution in [3.63, 3.8) is 0 Å². The molecule has 0 aromatic carbocycles. The number of carbonyl (C=O) groups is 1. The highest BCUT2D eigenvalue weighted by Gasteiger charge is 2.17. The van der Waals surface area contributed by atoms with Gasteiger partial charge in [-0.05, 0) is 19.1 Å². The minimum atomic E-state index is -0.871. The monoisotopic (exact) mass is 261 g/mol. The molecule has 1 saturated heterocycles. The summed E-state index contributed by atoms with van der Waals surface area (Å²) in [6, 6.07) is 5.93. The lowest BCUT2D eigenvalue weighted by atomic mass is 10.2. The molecule has 1 fully saturated rings. The highest BCUT2D eigenvalue weighted by Crippen LogP contribution is 2.13. The van der Waals surface area contributed by atoms with Gasteiger partial charge in [0.1, 0.15) is 5.82 Å². The Hall–Kier alpha value is -1.88. The third-order valence-electron chi connectivity index (χ3n) is 3.19. The summed E-state index contributed by atoms with van der Waals surface area (Å²) >= 11 is 0. The summed E-state index contributed by atoms with van der Waals surface area (Å²) in [5.41, 5.74) is 0.888. The SMILES string of the molecule is C/C(=C\C(=O)O)CN1CCN(c2ccccn2)CC1. The normalized spacial score (nSPS) is 17.5. The number of aromatic nitrogens is 1. The Balaban J connectivity index is 1.84. The van der Waals surface area contributed by atoms with Crippen LogP contribution in [0.3, 0.4) is 0 Å². The van der Waals surface area contributed by atoms with Crippen LogP contribution in [-0.2, 0) is 4.79 Å². The van der Waals surface area contributed by atoms with E-state index in [1.165, 1.54) is 6.08 Å². The standard InChI is InChI=1S/C14H19N3O2/c1-12(10-14(18)19)11-16-6-8-17(9-7-16)13-4-2-3-5-15-13/h2-5,10H,6-9,11H2,1H3,(H,18,19)/b12-10+. The van der Waals surface area contributed by atoms with Crippen molar-refractivity contribution >= 4 is 11.8 Å². The van der Waals surface area contributed by atoms with Crippen molar-refractivity contribution in [1.82, 2.24) is 9.88 Å². The van der Waals surface area contributed by atoms with E-state index < -0.39 is 5.97 Å². The molecule has 1 aromatic heterocycles. The lowest BCUT2D eigenvalue weighted by Gasteiger charge is -2.35. The molecule has 0 bridgehead atoms. The number of hydrogen-bond donors (Lipinski definition) is 1. The van der Waals surface area contributed by atoms with Crippen LogP contribution in [0, 0.1) is 0 Å². The van der Waals surface area contributed by atoms with E-state index in [0.717, 1.165) is 44.1 Å². The highest BCUT2D eigenvalue weighted by molar-refractivity contribution is 5.80. The van der Waals surface area contributed by atoms with Crippen LogP contribution in [0.5, 0.6) is 0 Å². The van der Waals surface area contributed by atoms with Gasteiger partial charge in [-0.15, -0.1) is 0 Å². The van der Waals surface area contributed by atoms with Crippen LogP contribution in [0.15, 0.2) is 36.0 Å². The molecule has 0 spiro atoms. The molecule has 0 amide bonds. The largest absolute Gasteiger partial charge is 0.478 e. The predicted molar refractivity (Wildman–Crippen MR) is 74.3 cm³/mol. The molecule has 5 nitrogen and oxygen atoms in total. The van der Waals surface area contributed by atoms with Crippen LogP contribution in [0.1, 0.15) is 6.92 Å². The summed E-state index contributed by atoms with van der Waals surface area (Å²) in [4.78, 5) is 19.5. The van der Waals surface area contributed by atoms with Crippen molar-refractivity contribution in [2.24, 2.45) is 0 Å². The Morgan fingerprint density at radius 3 is 2.68 bits per heavy atom. The Kier molecular flexibility index (Phi) is 4.52. The van der Waals surface area contributed by atoms with Gasteiger partial charge >= 0.3 is 5.97 Å². The maximum absolute atomic E-state index is 10.6. The fourth-order valence-corrected chi connectivity index (χ4v) is 2.29. The third kappa shape index (κ3) is 4.06. The fourth-order valence-electron chi connectivity index (χ4n) is 2.29. The number of anilines is 1. The second-order valence-electron chi connectivity index (χ2n) is 4.78. The van der Waals surface area contributed by atoms with Crippen LogP contribution >= 0.6 is 0 Å². The fraction of sp³-hybridized carbons (Fsp3) is 0.429. The lowest BCUT2D eigenvalue weighted by molar-refractivity contribution is -0.131. The number of carboxylic acids is 1. The predicted octanol–water partition coefficient (Wildman–Crippen LogP) is 1.23. The average molecular weight is 261 g/mol. The van der Waals surface area contributed by atoms with Crippen molar-refractivity contribution in [2.45, 2.75) is 6.92 Å². The van der Waals surface area contributed by atoms with Crippen molar-refractivity contribution < 1.29 is 9.90 Å². The first-order valence-electron chi connectivity index (χ1n) is 6.43. The summed E-state index contributed by atoms with van der Waals surface area (Å²) < 4.78 is 0. The van der Waals surface area contributed by atoms with Crippen LogP contribution in [0.2, 0.25) is 0 Å². The van der Waals surface area contributed by atoms with Crippen LogP contribution in [-0.4, -0.2) is 53.7 Å². The topological polar surface area (TPSA) is 56.7 Å². The van der Waals surface area contributed by atoms with E-state index in [1.807, 2.05) is 25.1 Å². The zero-order valence-corrected chi connectivity index (χ0v) is 11.1. The summed E-state index contributed by atoms with van der Waals surface area (Å²) in [6.07, 6.45) is 3.09. The Morgan fingerprint density at radius 2 is 2.11 bits per heavy atom. The summed E-state index contributed by atoms with van der Waals surface area (Å²) in [6.45, 7) is 6.30. The minimum Gasteiger partial charge on any atom is -0.478 e. The van der Waals surface area contributed by atoms with Gasteiger partial charge in [-0.2, -0.15) is 0 Å². The summed E-state index contributed by atoms with van der Waals surface area (Å²) in [5, 5.41) is 8.69. The Bertz CT molecular complexity index is 451. The molecule has 1 aliphatic heterocycles. The van der Waals surface area contributed by atoms with Crippen molar-refractivity contribution in [3.8, 4) is 0 Å². The number of carboxylic acid groups (broad SMARTS) is 1. The number of piperazine rings is 1. The van der Waals surface area contributed by atoms with Gasteiger partial charge in [0.25, 0.3) is 0 Å². The Morgan fingerprint density at radius 1 is 1.37 bits per heavy atom. The number of hydrogen-bond acceptors (Lipinski definition) is 4. The number of rotatable bonds is 4.